The average molecular weight is 385 g/mol. The zero-order valence-corrected chi connectivity index (χ0v) is 16.0. The monoisotopic (exact) mass is 385 g/mol. The third-order valence-electron chi connectivity index (χ3n) is 5.31. The number of benzene rings is 2. The predicted octanol–water partition coefficient (Wildman–Crippen LogP) is 4.80. The molecule has 1 aliphatic heterocycles. The number of hydrogen-bond acceptors (Lipinski definition) is 4. The van der Waals surface area contributed by atoms with E-state index < -0.39 is 0 Å². The molecule has 2 aromatic heterocycles. The molecule has 146 valence electrons. The Labute approximate surface area is 169 Å². The van der Waals surface area contributed by atoms with Crippen molar-refractivity contribution in [1.29, 1.82) is 0 Å². The molecule has 0 saturated carbocycles. The number of nitrogens with zero attached hydrogens (tertiary/aromatic N) is 2. The molecular weight excluding hydrogens is 362 g/mol. The number of hydrogen-bond donors (Lipinski definition) is 3. The molecule has 1 aliphatic rings. The second-order valence-corrected chi connectivity index (χ2v) is 7.25. The van der Waals surface area contributed by atoms with Crippen LogP contribution in [0.5, 0.6) is 0 Å². The van der Waals surface area contributed by atoms with E-state index in [9.17, 15) is 0 Å². The van der Waals surface area contributed by atoms with E-state index in [1.807, 2.05) is 30.5 Å². The third kappa shape index (κ3) is 3.67. The van der Waals surface area contributed by atoms with E-state index in [0.29, 0.717) is 0 Å². The largest absolute Gasteiger partial charge is 0.358 e. The van der Waals surface area contributed by atoms with E-state index in [-0.39, 0.29) is 12.1 Å². The van der Waals surface area contributed by atoms with E-state index in [1.165, 1.54) is 0 Å². The zero-order valence-electron chi connectivity index (χ0n) is 16.0. The lowest BCUT2D eigenvalue weighted by atomic mass is 9.98. The van der Waals surface area contributed by atoms with Crippen molar-refractivity contribution in [2.75, 3.05) is 11.9 Å². The molecule has 2 atom stereocenters. The number of aromatic amines is 2. The Morgan fingerprint density at radius 2 is 1.72 bits per heavy atom. The molecule has 1 fully saturated rings. The van der Waals surface area contributed by atoms with Crippen molar-refractivity contribution in [2.24, 2.45) is 0 Å². The number of ether oxygens (including phenoxy) is 1. The number of anilines is 1. The minimum Gasteiger partial charge on any atom is -0.358 e. The van der Waals surface area contributed by atoms with Crippen LogP contribution in [0.4, 0.5) is 5.69 Å². The van der Waals surface area contributed by atoms with Gasteiger partial charge in [-0.05, 0) is 12.8 Å². The molecule has 6 nitrogen and oxygen atoms in total. The van der Waals surface area contributed by atoms with Gasteiger partial charge in [-0.1, -0.05) is 60.7 Å². The summed E-state index contributed by atoms with van der Waals surface area (Å²) >= 11 is 0. The molecule has 0 spiro atoms. The van der Waals surface area contributed by atoms with Crippen molar-refractivity contribution >= 4 is 5.69 Å². The molecule has 1 saturated heterocycles. The van der Waals surface area contributed by atoms with Crippen LogP contribution in [0.1, 0.15) is 24.6 Å². The molecule has 29 heavy (non-hydrogen) atoms. The highest BCUT2D eigenvalue weighted by molar-refractivity contribution is 5.78. The van der Waals surface area contributed by atoms with Gasteiger partial charge in [0.25, 0.3) is 0 Å². The maximum Gasteiger partial charge on any atom is 0.137 e. The van der Waals surface area contributed by atoms with Crippen molar-refractivity contribution < 1.29 is 4.74 Å². The van der Waals surface area contributed by atoms with Crippen LogP contribution in [-0.4, -0.2) is 33.0 Å². The summed E-state index contributed by atoms with van der Waals surface area (Å²) in [5, 5.41) is 10.3. The first-order valence-corrected chi connectivity index (χ1v) is 9.96. The third-order valence-corrected chi connectivity index (χ3v) is 5.31. The Morgan fingerprint density at radius 3 is 2.45 bits per heavy atom. The Hall–Kier alpha value is -3.38. The minimum absolute atomic E-state index is 0.124. The maximum absolute atomic E-state index is 6.07. The van der Waals surface area contributed by atoms with Crippen LogP contribution < -0.4 is 5.32 Å². The second-order valence-electron chi connectivity index (χ2n) is 7.25. The molecule has 5 rings (SSSR count). The highest BCUT2D eigenvalue weighted by atomic mass is 16.5. The highest BCUT2D eigenvalue weighted by Gasteiger charge is 2.31. The first-order chi connectivity index (χ1) is 14.4. The summed E-state index contributed by atoms with van der Waals surface area (Å²) in [5.74, 6) is 1.07. The Morgan fingerprint density at radius 1 is 0.966 bits per heavy atom. The topological polar surface area (TPSA) is 78.6 Å². The van der Waals surface area contributed by atoms with E-state index in [2.05, 4.69) is 56.9 Å². The number of H-pyrrole nitrogens is 2. The van der Waals surface area contributed by atoms with Crippen LogP contribution in [0.15, 0.2) is 73.1 Å². The standard InChI is InChI=1S/C23H23N5O/c1-3-8-16(9-4-1)20-21(17-10-5-2-6-11-17)28-22(27-20)19-12-7-13-29-23(19)26-18-14-24-25-15-18/h1-6,8-11,14-15,19,23,26H,7,12-13H2,(H,24,25)(H,27,28). The van der Waals surface area contributed by atoms with Gasteiger partial charge in [0, 0.05) is 23.9 Å². The van der Waals surface area contributed by atoms with Crippen molar-refractivity contribution in [2.45, 2.75) is 25.0 Å². The van der Waals surface area contributed by atoms with Crippen molar-refractivity contribution in [3.63, 3.8) is 0 Å². The first-order valence-electron chi connectivity index (χ1n) is 9.96. The van der Waals surface area contributed by atoms with Gasteiger partial charge in [-0.15, -0.1) is 0 Å². The van der Waals surface area contributed by atoms with Gasteiger partial charge in [-0.2, -0.15) is 5.10 Å². The van der Waals surface area contributed by atoms with Crippen LogP contribution in [0.3, 0.4) is 0 Å². The van der Waals surface area contributed by atoms with E-state index >= 15 is 0 Å². The summed E-state index contributed by atoms with van der Waals surface area (Å²) in [6.45, 7) is 0.740. The first kappa shape index (κ1) is 17.7. The van der Waals surface area contributed by atoms with Gasteiger partial charge in [-0.25, -0.2) is 4.98 Å². The van der Waals surface area contributed by atoms with Crippen LogP contribution in [0.2, 0.25) is 0 Å². The number of rotatable bonds is 5. The van der Waals surface area contributed by atoms with Gasteiger partial charge >= 0.3 is 0 Å². The van der Waals surface area contributed by atoms with Gasteiger partial charge in [0.15, 0.2) is 0 Å². The van der Waals surface area contributed by atoms with Crippen molar-refractivity contribution in [3.8, 4) is 22.5 Å². The Bertz CT molecular complexity index is 987. The number of aromatic nitrogens is 4. The van der Waals surface area contributed by atoms with Crippen molar-refractivity contribution in [3.05, 3.63) is 78.9 Å². The molecule has 0 radical (unpaired) electrons. The second kappa shape index (κ2) is 7.93. The summed E-state index contributed by atoms with van der Waals surface area (Å²) in [5.41, 5.74) is 5.16. The zero-order chi connectivity index (χ0) is 19.5. The fourth-order valence-corrected chi connectivity index (χ4v) is 3.88. The van der Waals surface area contributed by atoms with E-state index in [4.69, 9.17) is 9.72 Å². The summed E-state index contributed by atoms with van der Waals surface area (Å²) in [6, 6.07) is 20.7. The smallest absolute Gasteiger partial charge is 0.137 e. The van der Waals surface area contributed by atoms with Crippen LogP contribution in [0, 0.1) is 0 Å². The number of nitrogens with one attached hydrogen (secondary N) is 3. The molecule has 6 heteroatoms. The predicted molar refractivity (Wildman–Crippen MR) is 113 cm³/mol. The van der Waals surface area contributed by atoms with Crippen molar-refractivity contribution in [1.82, 2.24) is 20.2 Å². The molecule has 3 heterocycles. The van der Waals surface area contributed by atoms with E-state index in [0.717, 1.165) is 53.5 Å². The SMILES string of the molecule is c1ccc(-c2nc(C3CCCOC3Nc3cn[nH]c3)[nH]c2-c2ccccc2)cc1. The van der Waals surface area contributed by atoms with Gasteiger partial charge in [-0.3, -0.25) is 5.10 Å². The van der Waals surface area contributed by atoms with Gasteiger partial charge in [0.2, 0.25) is 0 Å². The van der Waals surface area contributed by atoms with Crippen LogP contribution in [0.25, 0.3) is 22.5 Å². The Kier molecular flexibility index (Phi) is 4.84. The average Bonchev–Trinajstić information content (AvgIpc) is 3.46. The molecule has 0 bridgehead atoms. The lowest BCUT2D eigenvalue weighted by molar-refractivity contribution is 0.0154. The lowest BCUT2D eigenvalue weighted by Crippen LogP contribution is -2.35. The molecule has 4 aromatic rings. The van der Waals surface area contributed by atoms with Gasteiger partial charge in [0.05, 0.1) is 29.2 Å². The summed E-state index contributed by atoms with van der Waals surface area (Å²) in [6.07, 6.45) is 5.46. The van der Waals surface area contributed by atoms with Crippen LogP contribution in [-0.2, 0) is 4.74 Å². The maximum atomic E-state index is 6.07. The molecule has 3 N–H and O–H groups in total. The lowest BCUT2D eigenvalue weighted by Gasteiger charge is -2.31. The van der Waals surface area contributed by atoms with E-state index in [1.54, 1.807) is 6.20 Å². The quantitative estimate of drug-likeness (QED) is 0.461. The molecule has 0 aliphatic carbocycles. The highest BCUT2D eigenvalue weighted by Crippen LogP contribution is 2.36. The fraction of sp³-hybridized carbons (Fsp3) is 0.217. The molecular formula is C23H23N5O. The summed E-state index contributed by atoms with van der Waals surface area (Å²) < 4.78 is 6.07. The van der Waals surface area contributed by atoms with Gasteiger partial charge < -0.3 is 15.0 Å². The normalized spacial score (nSPS) is 19.2. The molecule has 0 amide bonds. The summed E-state index contributed by atoms with van der Waals surface area (Å²) in [4.78, 5) is 8.68. The Balaban J connectivity index is 1.55. The molecule has 2 unspecified atom stereocenters. The fourth-order valence-electron chi connectivity index (χ4n) is 3.88. The summed E-state index contributed by atoms with van der Waals surface area (Å²) in [7, 11) is 0. The minimum atomic E-state index is -0.153. The molecule has 2 aromatic carbocycles. The van der Waals surface area contributed by atoms with Gasteiger partial charge in [0.1, 0.15) is 12.1 Å². The number of imidazole rings is 1. The van der Waals surface area contributed by atoms with Crippen LogP contribution >= 0.6 is 0 Å².